The van der Waals surface area contributed by atoms with E-state index in [2.05, 4.69) is 0 Å². The molecule has 0 radical (unpaired) electrons. The maximum Gasteiger partial charge on any atom is 0.227 e. The Balaban J connectivity index is 1.71. The van der Waals surface area contributed by atoms with E-state index < -0.39 is 0 Å². The van der Waals surface area contributed by atoms with Crippen molar-refractivity contribution < 1.29 is 9.59 Å². The van der Waals surface area contributed by atoms with Crippen LogP contribution in [-0.4, -0.2) is 18.2 Å². The van der Waals surface area contributed by atoms with Crippen molar-refractivity contribution in [2.45, 2.75) is 12.8 Å². The molecule has 0 aliphatic carbocycles. The van der Waals surface area contributed by atoms with Crippen LogP contribution in [0, 0.1) is 0 Å². The Kier molecular flexibility index (Phi) is 4.58. The minimum Gasteiger partial charge on any atom is -0.312 e. The molecule has 1 saturated heterocycles. The fourth-order valence-electron chi connectivity index (χ4n) is 2.61. The van der Waals surface area contributed by atoms with E-state index in [0.717, 1.165) is 24.2 Å². The van der Waals surface area contributed by atoms with Crippen LogP contribution in [0.4, 0.5) is 5.69 Å². The van der Waals surface area contributed by atoms with Gasteiger partial charge in [0.05, 0.1) is 0 Å². The molecule has 1 heterocycles. The SMILES string of the molecule is O=C(/C=C/c1cccc(Cl)c1)c1ccc(N2CCCC2=O)cc1. The predicted molar refractivity (Wildman–Crippen MR) is 92.8 cm³/mol. The first-order chi connectivity index (χ1) is 11.1. The number of rotatable bonds is 4. The number of halogens is 1. The number of amides is 1. The van der Waals surface area contributed by atoms with E-state index in [4.69, 9.17) is 11.6 Å². The molecule has 116 valence electrons. The van der Waals surface area contributed by atoms with Crippen LogP contribution in [0.1, 0.15) is 28.8 Å². The molecule has 4 heteroatoms. The van der Waals surface area contributed by atoms with Gasteiger partial charge in [-0.25, -0.2) is 0 Å². The molecule has 1 amide bonds. The molecule has 2 aromatic carbocycles. The molecule has 0 bridgehead atoms. The number of hydrogen-bond acceptors (Lipinski definition) is 2. The van der Waals surface area contributed by atoms with Crippen molar-refractivity contribution >= 4 is 35.1 Å². The van der Waals surface area contributed by atoms with Gasteiger partial charge in [-0.1, -0.05) is 29.8 Å². The summed E-state index contributed by atoms with van der Waals surface area (Å²) in [6, 6.07) is 14.5. The van der Waals surface area contributed by atoms with Crippen LogP contribution in [0.25, 0.3) is 6.08 Å². The largest absolute Gasteiger partial charge is 0.312 e. The molecular formula is C19H16ClNO2. The Morgan fingerprint density at radius 1 is 1.13 bits per heavy atom. The maximum atomic E-state index is 12.2. The second-order valence-corrected chi connectivity index (χ2v) is 5.88. The molecule has 1 aliphatic heterocycles. The zero-order valence-electron chi connectivity index (χ0n) is 12.5. The summed E-state index contributed by atoms with van der Waals surface area (Å²) in [7, 11) is 0. The Labute approximate surface area is 140 Å². The third kappa shape index (κ3) is 3.69. The first kappa shape index (κ1) is 15.5. The van der Waals surface area contributed by atoms with Crippen LogP contribution < -0.4 is 4.90 Å². The van der Waals surface area contributed by atoms with Crippen molar-refractivity contribution in [1.82, 2.24) is 0 Å². The minimum absolute atomic E-state index is 0.0794. The zero-order chi connectivity index (χ0) is 16.2. The third-order valence-corrected chi connectivity index (χ3v) is 4.05. The van der Waals surface area contributed by atoms with Crippen molar-refractivity contribution in [3.8, 4) is 0 Å². The fraction of sp³-hybridized carbons (Fsp3) is 0.158. The Bertz CT molecular complexity index is 765. The van der Waals surface area contributed by atoms with Crippen LogP contribution in [0.15, 0.2) is 54.6 Å². The Morgan fingerprint density at radius 2 is 1.91 bits per heavy atom. The fourth-order valence-corrected chi connectivity index (χ4v) is 2.80. The van der Waals surface area contributed by atoms with Gasteiger partial charge in [0.15, 0.2) is 5.78 Å². The number of anilines is 1. The molecule has 1 fully saturated rings. The number of ketones is 1. The van der Waals surface area contributed by atoms with Crippen molar-refractivity contribution in [3.05, 3.63) is 70.8 Å². The number of allylic oxidation sites excluding steroid dienone is 1. The molecule has 23 heavy (non-hydrogen) atoms. The highest BCUT2D eigenvalue weighted by Crippen LogP contribution is 2.22. The van der Waals surface area contributed by atoms with Gasteiger partial charge >= 0.3 is 0 Å². The molecule has 3 rings (SSSR count). The number of carbonyl (C=O) groups excluding carboxylic acids is 2. The average molecular weight is 326 g/mol. The van der Waals surface area contributed by atoms with E-state index in [9.17, 15) is 9.59 Å². The van der Waals surface area contributed by atoms with Gasteiger partial charge in [-0.05, 0) is 54.5 Å². The molecule has 0 unspecified atom stereocenters. The van der Waals surface area contributed by atoms with Crippen LogP contribution in [0.3, 0.4) is 0 Å². The lowest BCUT2D eigenvalue weighted by molar-refractivity contribution is -0.117. The molecule has 0 N–H and O–H groups in total. The third-order valence-electron chi connectivity index (χ3n) is 3.81. The first-order valence-corrected chi connectivity index (χ1v) is 7.90. The molecule has 2 aromatic rings. The van der Waals surface area contributed by atoms with Crippen molar-refractivity contribution in [3.63, 3.8) is 0 Å². The molecule has 0 atom stereocenters. The van der Waals surface area contributed by atoms with E-state index in [1.54, 1.807) is 35.2 Å². The van der Waals surface area contributed by atoms with Crippen molar-refractivity contribution in [1.29, 1.82) is 0 Å². The van der Waals surface area contributed by atoms with Crippen molar-refractivity contribution in [2.24, 2.45) is 0 Å². The average Bonchev–Trinajstić information content (AvgIpc) is 2.99. The summed E-state index contributed by atoms with van der Waals surface area (Å²) >= 11 is 5.92. The lowest BCUT2D eigenvalue weighted by atomic mass is 10.1. The summed E-state index contributed by atoms with van der Waals surface area (Å²) in [6.45, 7) is 0.751. The molecule has 1 aliphatic rings. The first-order valence-electron chi connectivity index (χ1n) is 7.52. The topological polar surface area (TPSA) is 37.4 Å². The summed E-state index contributed by atoms with van der Waals surface area (Å²) in [5.74, 6) is 0.0641. The summed E-state index contributed by atoms with van der Waals surface area (Å²) < 4.78 is 0. The summed E-state index contributed by atoms with van der Waals surface area (Å²) in [6.07, 6.45) is 4.76. The van der Waals surface area contributed by atoms with E-state index in [1.165, 1.54) is 6.08 Å². The van der Waals surface area contributed by atoms with Gasteiger partial charge in [0.2, 0.25) is 5.91 Å². The summed E-state index contributed by atoms with van der Waals surface area (Å²) in [4.78, 5) is 25.7. The van der Waals surface area contributed by atoms with Gasteiger partial charge in [0, 0.05) is 29.2 Å². The predicted octanol–water partition coefficient (Wildman–Crippen LogP) is 4.36. The summed E-state index contributed by atoms with van der Waals surface area (Å²) in [5, 5.41) is 0.638. The second-order valence-electron chi connectivity index (χ2n) is 5.45. The lowest BCUT2D eigenvalue weighted by Gasteiger charge is -2.15. The number of benzene rings is 2. The molecule has 0 aromatic heterocycles. The zero-order valence-corrected chi connectivity index (χ0v) is 13.3. The van der Waals surface area contributed by atoms with Gasteiger partial charge in [-0.15, -0.1) is 0 Å². The minimum atomic E-state index is -0.0794. The molecule has 0 spiro atoms. The molecular weight excluding hydrogens is 310 g/mol. The van der Waals surface area contributed by atoms with Crippen LogP contribution in [-0.2, 0) is 4.79 Å². The highest BCUT2D eigenvalue weighted by molar-refractivity contribution is 6.30. The quantitative estimate of drug-likeness (QED) is 0.618. The van der Waals surface area contributed by atoms with E-state index in [1.807, 2.05) is 24.3 Å². The van der Waals surface area contributed by atoms with Crippen LogP contribution >= 0.6 is 11.6 Å². The summed E-state index contributed by atoms with van der Waals surface area (Å²) in [5.41, 5.74) is 2.33. The van der Waals surface area contributed by atoms with Gasteiger partial charge in [0.1, 0.15) is 0 Å². The van der Waals surface area contributed by atoms with Gasteiger partial charge in [-0.3, -0.25) is 9.59 Å². The normalized spacial score (nSPS) is 14.7. The highest BCUT2D eigenvalue weighted by atomic mass is 35.5. The van der Waals surface area contributed by atoms with E-state index >= 15 is 0 Å². The Morgan fingerprint density at radius 3 is 2.57 bits per heavy atom. The smallest absolute Gasteiger partial charge is 0.227 e. The van der Waals surface area contributed by atoms with Crippen molar-refractivity contribution in [2.75, 3.05) is 11.4 Å². The maximum absolute atomic E-state index is 12.2. The van der Waals surface area contributed by atoms with Crippen LogP contribution in [0.5, 0.6) is 0 Å². The molecule has 0 saturated carbocycles. The van der Waals surface area contributed by atoms with E-state index in [0.29, 0.717) is 17.0 Å². The standard InChI is InChI=1S/C19H16ClNO2/c20-16-4-1-3-14(13-16)6-11-18(22)15-7-9-17(10-8-15)21-12-2-5-19(21)23/h1,3-4,6-11,13H,2,5,12H2/b11-6+. The number of carbonyl (C=O) groups is 2. The van der Waals surface area contributed by atoms with Gasteiger partial charge < -0.3 is 4.90 Å². The van der Waals surface area contributed by atoms with Gasteiger partial charge in [0.25, 0.3) is 0 Å². The highest BCUT2D eigenvalue weighted by Gasteiger charge is 2.21. The monoisotopic (exact) mass is 325 g/mol. The van der Waals surface area contributed by atoms with Crippen LogP contribution in [0.2, 0.25) is 5.02 Å². The number of hydrogen-bond donors (Lipinski definition) is 0. The number of nitrogens with zero attached hydrogens (tertiary/aromatic N) is 1. The second kappa shape index (κ2) is 6.80. The van der Waals surface area contributed by atoms with E-state index in [-0.39, 0.29) is 11.7 Å². The van der Waals surface area contributed by atoms with Gasteiger partial charge in [-0.2, -0.15) is 0 Å². The lowest BCUT2D eigenvalue weighted by Crippen LogP contribution is -2.23. The Hall–Kier alpha value is -2.39. The molecule has 3 nitrogen and oxygen atoms in total.